The van der Waals surface area contributed by atoms with Gasteiger partial charge in [-0.05, 0) is 42.7 Å². The van der Waals surface area contributed by atoms with Crippen LogP contribution in [0.3, 0.4) is 0 Å². The third kappa shape index (κ3) is 4.53. The zero-order chi connectivity index (χ0) is 22.7. The largest absolute Gasteiger partial charge is 0.376 e. The Kier molecular flexibility index (Phi) is 6.28. The predicted octanol–water partition coefficient (Wildman–Crippen LogP) is 4.08. The summed E-state index contributed by atoms with van der Waals surface area (Å²) < 4.78 is 28.9. The average molecular weight is 434 g/mol. The molecule has 6 nitrogen and oxygen atoms in total. The van der Waals surface area contributed by atoms with Crippen molar-refractivity contribution in [1.82, 2.24) is 9.97 Å². The van der Waals surface area contributed by atoms with Crippen LogP contribution in [0.15, 0.2) is 48.8 Å². The van der Waals surface area contributed by atoms with Gasteiger partial charge in [0.15, 0.2) is 0 Å². The van der Waals surface area contributed by atoms with Crippen LogP contribution >= 0.6 is 0 Å². The molecule has 0 saturated carbocycles. The van der Waals surface area contributed by atoms with Crippen molar-refractivity contribution < 1.29 is 8.78 Å². The van der Waals surface area contributed by atoms with Crippen LogP contribution < -0.4 is 16.0 Å². The number of nitrogens with one attached hydrogen (secondary N) is 1. The molecule has 2 aromatic heterocycles. The van der Waals surface area contributed by atoms with Gasteiger partial charge in [-0.1, -0.05) is 13.0 Å². The van der Waals surface area contributed by atoms with E-state index in [-0.39, 0.29) is 29.4 Å². The van der Waals surface area contributed by atoms with E-state index < -0.39 is 11.6 Å². The second kappa shape index (κ2) is 9.28. The van der Waals surface area contributed by atoms with Gasteiger partial charge in [-0.15, -0.1) is 0 Å². The minimum Gasteiger partial charge on any atom is -0.376 e. The number of aromatic nitrogens is 2. The maximum Gasteiger partial charge on any atom is 0.149 e. The number of nitriles is 1. The second-order valence-corrected chi connectivity index (χ2v) is 8.16. The van der Waals surface area contributed by atoms with Gasteiger partial charge >= 0.3 is 0 Å². The lowest BCUT2D eigenvalue weighted by Crippen LogP contribution is -2.46. The number of hydrogen-bond acceptors (Lipinski definition) is 6. The predicted molar refractivity (Wildman–Crippen MR) is 120 cm³/mol. The van der Waals surface area contributed by atoms with E-state index in [2.05, 4.69) is 27.1 Å². The normalized spacial score (nSPS) is 18.3. The zero-order valence-electron chi connectivity index (χ0n) is 17.7. The maximum absolute atomic E-state index is 14.5. The summed E-state index contributed by atoms with van der Waals surface area (Å²) in [6.07, 6.45) is 4.46. The highest BCUT2D eigenvalue weighted by Gasteiger charge is 2.24. The van der Waals surface area contributed by atoms with Crippen molar-refractivity contribution in [1.29, 1.82) is 5.26 Å². The topological polar surface area (TPSA) is 90.9 Å². The number of halogens is 2. The molecule has 0 amide bonds. The highest BCUT2D eigenvalue weighted by molar-refractivity contribution is 5.70. The number of nitrogens with zero attached hydrogens (tertiary/aromatic N) is 4. The molecule has 3 N–H and O–H groups in total. The number of piperidine rings is 1. The Hall–Kier alpha value is -3.57. The smallest absolute Gasteiger partial charge is 0.149 e. The van der Waals surface area contributed by atoms with Gasteiger partial charge in [-0.2, -0.15) is 5.26 Å². The van der Waals surface area contributed by atoms with Crippen molar-refractivity contribution in [2.75, 3.05) is 23.3 Å². The summed E-state index contributed by atoms with van der Waals surface area (Å²) in [5, 5.41) is 12.6. The van der Waals surface area contributed by atoms with Crippen molar-refractivity contribution in [2.24, 2.45) is 11.7 Å². The molecular weight excluding hydrogens is 410 g/mol. The summed E-state index contributed by atoms with van der Waals surface area (Å²) in [7, 11) is 0. The molecule has 1 saturated heterocycles. The van der Waals surface area contributed by atoms with Crippen molar-refractivity contribution >= 4 is 11.4 Å². The first-order valence-electron chi connectivity index (χ1n) is 10.5. The van der Waals surface area contributed by atoms with Crippen LogP contribution in [0.25, 0.3) is 11.3 Å². The minimum absolute atomic E-state index is 0.0339. The molecule has 0 radical (unpaired) electrons. The van der Waals surface area contributed by atoms with Crippen LogP contribution in [0, 0.1) is 28.9 Å². The second-order valence-electron chi connectivity index (χ2n) is 8.16. The highest BCUT2D eigenvalue weighted by atomic mass is 19.1. The van der Waals surface area contributed by atoms with Crippen LogP contribution in [0.4, 0.5) is 20.2 Å². The first-order valence-corrected chi connectivity index (χ1v) is 10.5. The van der Waals surface area contributed by atoms with E-state index in [0.29, 0.717) is 11.6 Å². The van der Waals surface area contributed by atoms with Gasteiger partial charge in [0.05, 0.1) is 47.0 Å². The number of hydrogen-bond donors (Lipinski definition) is 2. The molecule has 2 atom stereocenters. The van der Waals surface area contributed by atoms with Crippen LogP contribution in [0.2, 0.25) is 0 Å². The Bertz CT molecular complexity index is 1150. The fourth-order valence-electron chi connectivity index (χ4n) is 4.20. The van der Waals surface area contributed by atoms with E-state index >= 15 is 0 Å². The summed E-state index contributed by atoms with van der Waals surface area (Å²) in [6, 6.07) is 10.8. The van der Waals surface area contributed by atoms with Gasteiger partial charge < -0.3 is 16.0 Å². The van der Waals surface area contributed by atoms with E-state index in [1.165, 1.54) is 30.3 Å². The number of rotatable bonds is 5. The van der Waals surface area contributed by atoms with Gasteiger partial charge in [0.1, 0.15) is 17.3 Å². The number of benzene rings is 1. The molecule has 1 aliphatic heterocycles. The molecule has 2 unspecified atom stereocenters. The lowest BCUT2D eigenvalue weighted by Gasteiger charge is -2.37. The number of pyridine rings is 2. The molecule has 4 rings (SSSR count). The third-order valence-electron chi connectivity index (χ3n) is 5.57. The molecule has 3 aromatic rings. The maximum atomic E-state index is 14.5. The quantitative estimate of drug-likeness (QED) is 0.629. The van der Waals surface area contributed by atoms with Crippen LogP contribution in [0.1, 0.15) is 24.6 Å². The Morgan fingerprint density at radius 3 is 2.81 bits per heavy atom. The van der Waals surface area contributed by atoms with E-state index in [0.717, 1.165) is 30.9 Å². The first kappa shape index (κ1) is 21.7. The Balaban J connectivity index is 1.59. The summed E-state index contributed by atoms with van der Waals surface area (Å²) in [4.78, 5) is 10.8. The Morgan fingerprint density at radius 1 is 1.19 bits per heavy atom. The van der Waals surface area contributed by atoms with Gasteiger partial charge in [0, 0.05) is 25.3 Å². The standard InChI is InChI=1S/C24H24F2N6/c1-15-9-17(28)14-32(13-15)22-7-8-29-12-21(22)30-11-18-5-6-20(26)24(31-18)23-16(10-27)3-2-4-19(23)25/h2-8,12,15,17,30H,9,11,13-14,28H2,1H3. The summed E-state index contributed by atoms with van der Waals surface area (Å²) in [5.41, 5.74) is 8.24. The first-order chi connectivity index (χ1) is 15.5. The average Bonchev–Trinajstić information content (AvgIpc) is 2.78. The molecule has 3 heterocycles. The molecule has 0 spiro atoms. The van der Waals surface area contributed by atoms with Crippen LogP contribution in [-0.2, 0) is 6.54 Å². The molecule has 1 aromatic carbocycles. The van der Waals surface area contributed by atoms with Gasteiger partial charge in [-0.25, -0.2) is 13.8 Å². The fraction of sp³-hybridized carbons (Fsp3) is 0.292. The Labute approximate surface area is 185 Å². The van der Waals surface area contributed by atoms with Gasteiger partial charge in [0.2, 0.25) is 0 Å². The molecule has 0 bridgehead atoms. The molecule has 164 valence electrons. The van der Waals surface area contributed by atoms with E-state index in [1.54, 1.807) is 12.4 Å². The van der Waals surface area contributed by atoms with E-state index in [1.807, 2.05) is 12.1 Å². The number of anilines is 2. The SMILES string of the molecule is CC1CC(N)CN(c2ccncc2NCc2ccc(F)c(-c3c(F)cccc3C#N)n2)C1. The molecule has 1 fully saturated rings. The van der Waals surface area contributed by atoms with Gasteiger partial charge in [0.25, 0.3) is 0 Å². The molecule has 1 aliphatic rings. The van der Waals surface area contributed by atoms with Gasteiger partial charge in [-0.3, -0.25) is 4.98 Å². The van der Waals surface area contributed by atoms with Crippen molar-refractivity contribution in [2.45, 2.75) is 25.9 Å². The molecule has 8 heteroatoms. The van der Waals surface area contributed by atoms with Crippen LogP contribution in [0.5, 0.6) is 0 Å². The third-order valence-corrected chi connectivity index (χ3v) is 5.57. The molecular formula is C24H24F2N6. The highest BCUT2D eigenvalue weighted by Crippen LogP contribution is 2.30. The lowest BCUT2D eigenvalue weighted by molar-refractivity contribution is 0.402. The summed E-state index contributed by atoms with van der Waals surface area (Å²) >= 11 is 0. The van der Waals surface area contributed by atoms with Crippen LogP contribution in [-0.4, -0.2) is 29.1 Å². The van der Waals surface area contributed by atoms with E-state index in [9.17, 15) is 14.0 Å². The lowest BCUT2D eigenvalue weighted by atomic mass is 9.96. The van der Waals surface area contributed by atoms with Crippen molar-refractivity contribution in [3.8, 4) is 17.3 Å². The fourth-order valence-corrected chi connectivity index (χ4v) is 4.20. The molecule has 0 aliphatic carbocycles. The zero-order valence-corrected chi connectivity index (χ0v) is 17.7. The van der Waals surface area contributed by atoms with Crippen molar-refractivity contribution in [3.63, 3.8) is 0 Å². The molecule has 32 heavy (non-hydrogen) atoms. The minimum atomic E-state index is -0.689. The Morgan fingerprint density at radius 2 is 2.03 bits per heavy atom. The monoisotopic (exact) mass is 434 g/mol. The number of nitrogens with two attached hydrogens (primary N) is 1. The van der Waals surface area contributed by atoms with E-state index in [4.69, 9.17) is 5.73 Å². The summed E-state index contributed by atoms with van der Waals surface area (Å²) in [5.74, 6) is -0.893. The summed E-state index contributed by atoms with van der Waals surface area (Å²) in [6.45, 7) is 4.11. The van der Waals surface area contributed by atoms with Crippen molar-refractivity contribution in [3.05, 3.63) is 71.7 Å².